The maximum Gasteiger partial charge on any atom is 0.446 e. The van der Waals surface area contributed by atoms with Crippen LogP contribution in [0.2, 0.25) is 0 Å². The van der Waals surface area contributed by atoms with E-state index in [4.69, 9.17) is 30.3 Å². The lowest BCUT2D eigenvalue weighted by atomic mass is 10.3. The molecule has 0 saturated heterocycles. The number of nitrogens with two attached hydrogens (primary N) is 1. The number of imidazole rings is 2. The minimum absolute atomic E-state index is 0.0739. The monoisotopic (exact) mass is 1100 g/mol. The van der Waals surface area contributed by atoms with Crippen molar-refractivity contribution in [2.45, 2.75) is 51.9 Å². The number of carboxylic acids is 1. The van der Waals surface area contributed by atoms with Gasteiger partial charge in [0.25, 0.3) is 11.1 Å². The summed E-state index contributed by atoms with van der Waals surface area (Å²) < 4.78 is 63.9. The van der Waals surface area contributed by atoms with Crippen LogP contribution in [0.3, 0.4) is 0 Å². The van der Waals surface area contributed by atoms with Crippen LogP contribution in [-0.2, 0) is 74.9 Å². The highest BCUT2D eigenvalue weighted by atomic mass is 127. The lowest BCUT2D eigenvalue weighted by molar-refractivity contribution is -0.156. The summed E-state index contributed by atoms with van der Waals surface area (Å²) in [4.78, 5) is 103. The van der Waals surface area contributed by atoms with Crippen LogP contribution in [0.15, 0.2) is 106 Å². The van der Waals surface area contributed by atoms with Gasteiger partial charge in [-0.15, -0.1) is 0 Å². The first-order valence-corrected chi connectivity index (χ1v) is 21.5. The fourth-order valence-corrected chi connectivity index (χ4v) is 5.34. The topological polar surface area (TPSA) is 337 Å². The van der Waals surface area contributed by atoms with Crippen molar-refractivity contribution in [2.75, 3.05) is 18.0 Å². The summed E-state index contributed by atoms with van der Waals surface area (Å²) in [5, 5.41) is 11.4. The van der Waals surface area contributed by atoms with Crippen molar-refractivity contribution in [3.63, 3.8) is 0 Å². The summed E-state index contributed by atoms with van der Waals surface area (Å²) in [7, 11) is 5.72. The molecule has 380 valence electrons. The van der Waals surface area contributed by atoms with Gasteiger partial charge in [-0.1, -0.05) is 29.5 Å². The molecule has 0 radical (unpaired) electrons. The smallest absolute Gasteiger partial charge is 0.446 e. The van der Waals surface area contributed by atoms with Gasteiger partial charge >= 0.3 is 23.5 Å². The fourth-order valence-electron chi connectivity index (χ4n) is 5.34. The zero-order chi connectivity index (χ0) is 53.1. The molecule has 26 nitrogen and oxygen atoms in total. The molecule has 0 aliphatic rings. The van der Waals surface area contributed by atoms with Crippen molar-refractivity contribution < 1.29 is 51.7 Å². The molecular weight excluding hydrogens is 1050 g/mol. The van der Waals surface area contributed by atoms with Crippen molar-refractivity contribution in [2.24, 2.45) is 33.9 Å². The molecule has 0 spiro atoms. The number of nitrogens with zero attached hydrogens (tertiary/aromatic N) is 12. The molecule has 8 aromatic rings. The third-order valence-electron chi connectivity index (χ3n) is 8.47. The number of halogens is 4. The van der Waals surface area contributed by atoms with Crippen LogP contribution >= 0.6 is 22.6 Å². The third-order valence-corrected chi connectivity index (χ3v) is 8.47. The molecule has 8 aromatic heterocycles. The first-order chi connectivity index (χ1) is 33.8. The van der Waals surface area contributed by atoms with Crippen LogP contribution < -0.4 is 33.5 Å². The molecule has 0 saturated carbocycles. The second kappa shape index (κ2) is 29.9. The highest BCUT2D eigenvalue weighted by Crippen LogP contribution is 2.09. The van der Waals surface area contributed by atoms with Crippen LogP contribution in [0.5, 0.6) is 0 Å². The zero-order valence-corrected chi connectivity index (χ0v) is 40.3. The van der Waals surface area contributed by atoms with Crippen molar-refractivity contribution in [3.05, 3.63) is 128 Å². The number of fused-ring (bicyclic) bond motifs is 2. The summed E-state index contributed by atoms with van der Waals surface area (Å²) in [5.41, 5.74) is 3.96. The van der Waals surface area contributed by atoms with Gasteiger partial charge in [0.1, 0.15) is 38.1 Å². The predicted molar refractivity (Wildman–Crippen MR) is 250 cm³/mol. The number of oxazole rings is 4. The Labute approximate surface area is 408 Å². The Balaban J connectivity index is 0.000000317. The fraction of sp³-hybridized carbons (Fsp3) is 0.375. The van der Waals surface area contributed by atoms with Gasteiger partial charge in [0.05, 0.1) is 37.4 Å². The number of hydrogen-bond acceptors (Lipinski definition) is 18. The van der Waals surface area contributed by atoms with Crippen molar-refractivity contribution >= 4 is 63.1 Å². The molecule has 0 atom stereocenters. The average Bonchev–Trinajstić information content (AvgIpc) is 4.19. The molecule has 70 heavy (non-hydrogen) atoms. The lowest BCUT2D eigenvalue weighted by Crippen LogP contribution is -2.38. The standard InChI is InChI=1S/C14H16N6O4.C9H10N4O4.C6H9NO.C5H8N2O.C3H3NO.C2HF3O.CH3I/c1-18-12-11(13(22)19(2)14(18)23)20(8-17-12)7-9(21)15-4-3-10-16-5-6-24-10;1-11-7-6(8(16)12(2)9(11)17)13(4-10-7)3-5(14)15;1-2-3-6-7-4-5-8-6;6-2-1-5-7-3-4-8-5;1-2-5-3-4-1;3-2(4,5)1-6;1-2/h5-6,8H,3-4,7H2,1-2H3,(H,15,21);4H,3H2,1-2H3,(H,14,15);4-5H,2-3H2,1H3;3-4H,1-2,6H2;1-3H;1H;1H3/i;;;;;;1D. The third kappa shape index (κ3) is 18.4. The van der Waals surface area contributed by atoms with E-state index < -0.39 is 40.9 Å². The quantitative estimate of drug-likeness (QED) is 0.0940. The van der Waals surface area contributed by atoms with E-state index in [-0.39, 0.29) is 41.3 Å². The van der Waals surface area contributed by atoms with Gasteiger partial charge in [-0.3, -0.25) is 42.2 Å². The number of carbonyl (C=O) groups excluding carboxylic acids is 2. The highest BCUT2D eigenvalue weighted by molar-refractivity contribution is 14.1. The number of carboxylic acid groups (broad SMARTS) is 1. The second-order valence-electron chi connectivity index (χ2n) is 13.4. The molecule has 8 rings (SSSR count). The van der Waals surface area contributed by atoms with Gasteiger partial charge in [0.15, 0.2) is 46.4 Å². The highest BCUT2D eigenvalue weighted by Gasteiger charge is 2.25. The van der Waals surface area contributed by atoms with E-state index in [0.29, 0.717) is 36.2 Å². The Bertz CT molecular complexity index is 2980. The van der Waals surface area contributed by atoms with E-state index in [9.17, 15) is 41.9 Å². The van der Waals surface area contributed by atoms with Gasteiger partial charge in [0.2, 0.25) is 12.2 Å². The van der Waals surface area contributed by atoms with Crippen LogP contribution in [-0.4, -0.2) is 105 Å². The minimum atomic E-state index is -4.64. The summed E-state index contributed by atoms with van der Waals surface area (Å²) >= 11 is 1.96. The van der Waals surface area contributed by atoms with Gasteiger partial charge in [-0.2, -0.15) is 13.2 Å². The second-order valence-corrected chi connectivity index (χ2v) is 13.4. The average molecular weight is 1100 g/mol. The van der Waals surface area contributed by atoms with Gasteiger partial charge in [-0.05, 0) is 11.3 Å². The van der Waals surface area contributed by atoms with E-state index in [1.807, 2.05) is 22.6 Å². The van der Waals surface area contributed by atoms with Crippen LogP contribution in [0, 0.1) is 0 Å². The summed E-state index contributed by atoms with van der Waals surface area (Å²) in [6.45, 7) is 2.62. The Morgan fingerprint density at radius 3 is 1.54 bits per heavy atom. The number of amides is 1. The predicted octanol–water partition coefficient (Wildman–Crippen LogP) is 1.58. The van der Waals surface area contributed by atoms with Gasteiger partial charge in [-0.25, -0.2) is 39.5 Å². The maximum atomic E-state index is 12.3. The number of aryl methyl sites for hydroxylation is 3. The van der Waals surface area contributed by atoms with Crippen LogP contribution in [0.1, 0.15) is 32.4 Å². The normalized spacial score (nSPS) is 10.5. The number of nitrogens with one attached hydrogen (secondary N) is 1. The van der Waals surface area contributed by atoms with E-state index in [1.54, 1.807) is 31.1 Å². The first-order valence-electron chi connectivity index (χ1n) is 20.7. The van der Waals surface area contributed by atoms with Gasteiger partial charge < -0.3 is 43.0 Å². The molecule has 8 heterocycles. The summed E-state index contributed by atoms with van der Waals surface area (Å²) in [6, 6.07) is 0. The maximum absolute atomic E-state index is 12.3. The van der Waals surface area contributed by atoms with Gasteiger partial charge in [0, 0.05) is 61.9 Å². The number of aldehydes is 1. The summed E-state index contributed by atoms with van der Waals surface area (Å²) in [6.07, 6.45) is 14.1. The molecule has 0 aliphatic carbocycles. The molecule has 1 amide bonds. The molecule has 0 bridgehead atoms. The van der Waals surface area contributed by atoms with E-state index >= 15 is 0 Å². The van der Waals surface area contributed by atoms with E-state index in [2.05, 4.69) is 46.6 Å². The van der Waals surface area contributed by atoms with E-state index in [0.717, 1.165) is 34.3 Å². The number of aromatic nitrogens is 12. The Morgan fingerprint density at radius 2 is 1.20 bits per heavy atom. The van der Waals surface area contributed by atoms with Crippen molar-refractivity contribution in [1.82, 2.24) is 62.6 Å². The van der Waals surface area contributed by atoms with Crippen molar-refractivity contribution in [3.8, 4) is 0 Å². The number of carbonyl (C=O) groups is 3. The first kappa shape index (κ1) is 56.6. The molecule has 0 aliphatic heterocycles. The number of rotatable bonds is 11. The molecule has 0 fully saturated rings. The number of aliphatic carboxylic acids is 1. The molecule has 0 unspecified atom stereocenters. The van der Waals surface area contributed by atoms with Crippen LogP contribution in [0.4, 0.5) is 13.2 Å². The molecule has 4 N–H and O–H groups in total. The zero-order valence-electron chi connectivity index (χ0n) is 39.2. The minimum Gasteiger partial charge on any atom is -0.480 e. The van der Waals surface area contributed by atoms with Crippen LogP contribution in [0.25, 0.3) is 22.3 Å². The SMILES string of the molecule is CCCc1ncco1.Cn1c(=O)c2c(ncn2CC(=O)NCCc2ncco2)n(C)c1=O.Cn1c(=O)c2c(ncn2CC(=O)O)n(C)c1=O.NCCc1ncco1.O=CC(F)(F)F.[2H]CI.c1cocn1. The Hall–Kier alpha value is -7.77. The molecular formula is C40H50F3IN14O12. The Morgan fingerprint density at radius 1 is 0.757 bits per heavy atom. The molecule has 30 heteroatoms. The number of alkyl halides is 4. The molecule has 0 aromatic carbocycles. The summed E-state index contributed by atoms with van der Waals surface area (Å²) in [5.74, 6) is 0.726. The largest absolute Gasteiger partial charge is 0.480 e. The van der Waals surface area contributed by atoms with Crippen molar-refractivity contribution in [1.29, 1.82) is 0 Å². The number of hydrogen-bond donors (Lipinski definition) is 3. The van der Waals surface area contributed by atoms with E-state index in [1.165, 1.54) is 84.2 Å². The lowest BCUT2D eigenvalue weighted by Gasteiger charge is -2.07. The Kier molecular flexibility index (Phi) is 24.1.